The number of rotatable bonds is 6. The third-order valence-electron chi connectivity index (χ3n) is 5.09. The van der Waals surface area contributed by atoms with Crippen molar-refractivity contribution in [2.24, 2.45) is 13.0 Å². The number of likely N-dealkylation sites (tertiary alicyclic amines) is 1. The van der Waals surface area contributed by atoms with E-state index >= 15 is 0 Å². The van der Waals surface area contributed by atoms with Gasteiger partial charge >= 0.3 is 0 Å². The Morgan fingerprint density at radius 2 is 2.23 bits per heavy atom. The smallest absolute Gasteiger partial charge is 0.222 e. The maximum absolute atomic E-state index is 13.5. The highest BCUT2D eigenvalue weighted by atomic mass is 19.1. The number of hydrogen-bond donors (Lipinski definition) is 0. The number of carbonyl (C=O) groups is 1. The molecule has 3 rings (SSSR count). The van der Waals surface area contributed by atoms with Crippen LogP contribution >= 0.6 is 0 Å². The largest absolute Gasteiger partial charge is 0.381 e. The average Bonchev–Trinajstić information content (AvgIpc) is 3.05. The molecule has 1 aliphatic rings. The summed E-state index contributed by atoms with van der Waals surface area (Å²) in [7, 11) is 3.58. The standard InChI is InChI=1S/C20H26FN3O2/c1-23-13-16(12-22-23)6-7-20(25)24-9-8-19(26-2)17(14-24)10-15-4-3-5-18(21)11-15/h3-5,11-13,17,19H,6-10,14H2,1-2H3/t17-,19-/m1/s1. The van der Waals surface area contributed by atoms with Gasteiger partial charge < -0.3 is 9.64 Å². The molecule has 1 saturated heterocycles. The molecule has 0 aliphatic carbocycles. The Morgan fingerprint density at radius 3 is 2.92 bits per heavy atom. The van der Waals surface area contributed by atoms with E-state index in [-0.39, 0.29) is 23.7 Å². The molecular formula is C20H26FN3O2. The number of methoxy groups -OCH3 is 1. The number of halogens is 1. The Labute approximate surface area is 153 Å². The summed E-state index contributed by atoms with van der Waals surface area (Å²) in [5.74, 6) is 0.113. The minimum absolute atomic E-state index is 0.0978. The summed E-state index contributed by atoms with van der Waals surface area (Å²) in [6.45, 7) is 1.37. The van der Waals surface area contributed by atoms with Crippen molar-refractivity contribution >= 4 is 5.91 Å². The van der Waals surface area contributed by atoms with Gasteiger partial charge in [-0.2, -0.15) is 5.10 Å². The molecule has 0 bridgehead atoms. The van der Waals surface area contributed by atoms with Gasteiger partial charge in [-0.25, -0.2) is 4.39 Å². The van der Waals surface area contributed by atoms with E-state index in [1.807, 2.05) is 24.2 Å². The predicted molar refractivity (Wildman–Crippen MR) is 97.1 cm³/mol. The summed E-state index contributed by atoms with van der Waals surface area (Å²) in [4.78, 5) is 14.5. The number of nitrogens with zero attached hydrogens (tertiary/aromatic N) is 3. The number of benzene rings is 1. The Hall–Kier alpha value is -2.21. The lowest BCUT2D eigenvalue weighted by Gasteiger charge is -2.38. The van der Waals surface area contributed by atoms with Gasteiger partial charge in [0.1, 0.15) is 5.82 Å². The van der Waals surface area contributed by atoms with E-state index in [4.69, 9.17) is 4.74 Å². The molecule has 1 aromatic carbocycles. The van der Waals surface area contributed by atoms with Crippen molar-refractivity contribution in [1.82, 2.24) is 14.7 Å². The zero-order chi connectivity index (χ0) is 18.5. The summed E-state index contributed by atoms with van der Waals surface area (Å²) >= 11 is 0. The Bertz CT molecular complexity index is 746. The summed E-state index contributed by atoms with van der Waals surface area (Å²) in [6, 6.07) is 6.67. The maximum atomic E-state index is 13.5. The van der Waals surface area contributed by atoms with Gasteiger partial charge in [0.2, 0.25) is 5.91 Å². The molecule has 5 nitrogen and oxygen atoms in total. The van der Waals surface area contributed by atoms with E-state index < -0.39 is 0 Å². The van der Waals surface area contributed by atoms with E-state index in [0.717, 1.165) is 17.5 Å². The zero-order valence-corrected chi connectivity index (χ0v) is 15.4. The summed E-state index contributed by atoms with van der Waals surface area (Å²) in [6.07, 6.45) is 6.55. The van der Waals surface area contributed by atoms with E-state index in [1.165, 1.54) is 6.07 Å². The van der Waals surface area contributed by atoms with E-state index in [2.05, 4.69) is 5.10 Å². The number of aryl methyl sites for hydroxylation is 2. The van der Waals surface area contributed by atoms with Crippen LogP contribution in [-0.4, -0.2) is 46.9 Å². The van der Waals surface area contributed by atoms with Crippen molar-refractivity contribution in [2.75, 3.05) is 20.2 Å². The monoisotopic (exact) mass is 359 g/mol. The van der Waals surface area contributed by atoms with Crippen LogP contribution in [0.3, 0.4) is 0 Å². The lowest BCUT2D eigenvalue weighted by atomic mass is 9.88. The van der Waals surface area contributed by atoms with Gasteiger partial charge in [0.05, 0.1) is 12.3 Å². The molecule has 1 aromatic heterocycles. The Kier molecular flexibility index (Phi) is 6.04. The summed E-state index contributed by atoms with van der Waals surface area (Å²) < 4.78 is 20.8. The van der Waals surface area contributed by atoms with Crippen LogP contribution in [0.25, 0.3) is 0 Å². The Balaban J connectivity index is 1.59. The highest BCUT2D eigenvalue weighted by Gasteiger charge is 2.31. The van der Waals surface area contributed by atoms with E-state index in [1.54, 1.807) is 30.1 Å². The second-order valence-electron chi connectivity index (χ2n) is 7.02. The van der Waals surface area contributed by atoms with E-state index in [0.29, 0.717) is 32.4 Å². The molecule has 140 valence electrons. The van der Waals surface area contributed by atoms with Crippen LogP contribution in [0, 0.1) is 11.7 Å². The first-order valence-electron chi connectivity index (χ1n) is 9.07. The van der Waals surface area contributed by atoms with Crippen LogP contribution in [0.2, 0.25) is 0 Å². The van der Waals surface area contributed by atoms with Gasteiger partial charge in [-0.05, 0) is 42.5 Å². The molecule has 1 aliphatic heterocycles. The summed E-state index contributed by atoms with van der Waals surface area (Å²) in [5, 5.41) is 4.14. The first kappa shape index (κ1) is 18.6. The number of piperidine rings is 1. The molecule has 2 atom stereocenters. The second kappa shape index (κ2) is 8.45. The van der Waals surface area contributed by atoms with E-state index in [9.17, 15) is 9.18 Å². The number of aromatic nitrogens is 2. The molecule has 0 unspecified atom stereocenters. The fourth-order valence-corrected chi connectivity index (χ4v) is 3.72. The second-order valence-corrected chi connectivity index (χ2v) is 7.02. The lowest BCUT2D eigenvalue weighted by molar-refractivity contribution is -0.135. The van der Waals surface area contributed by atoms with Crippen molar-refractivity contribution in [3.05, 3.63) is 53.6 Å². The number of carbonyl (C=O) groups excluding carboxylic acids is 1. The molecule has 6 heteroatoms. The molecule has 1 amide bonds. The highest BCUT2D eigenvalue weighted by Crippen LogP contribution is 2.24. The topological polar surface area (TPSA) is 47.4 Å². The maximum Gasteiger partial charge on any atom is 0.222 e. The molecule has 0 spiro atoms. The van der Waals surface area contributed by atoms with Crippen molar-refractivity contribution < 1.29 is 13.9 Å². The molecule has 1 fully saturated rings. The minimum Gasteiger partial charge on any atom is -0.381 e. The number of ether oxygens (including phenoxy) is 1. The number of hydrogen-bond acceptors (Lipinski definition) is 3. The molecule has 2 aromatic rings. The van der Waals surface area contributed by atoms with Crippen molar-refractivity contribution in [3.8, 4) is 0 Å². The van der Waals surface area contributed by atoms with Crippen molar-refractivity contribution in [2.45, 2.75) is 31.8 Å². The first-order valence-corrected chi connectivity index (χ1v) is 9.07. The van der Waals surface area contributed by atoms with Crippen molar-refractivity contribution in [3.63, 3.8) is 0 Å². The normalized spacial score (nSPS) is 20.3. The SMILES string of the molecule is CO[C@@H]1CCN(C(=O)CCc2cnn(C)c2)C[C@H]1Cc1cccc(F)c1. The van der Waals surface area contributed by atoms with Crippen LogP contribution in [0.15, 0.2) is 36.7 Å². The molecule has 26 heavy (non-hydrogen) atoms. The fraction of sp³-hybridized carbons (Fsp3) is 0.500. The highest BCUT2D eigenvalue weighted by molar-refractivity contribution is 5.76. The Morgan fingerprint density at radius 1 is 1.38 bits per heavy atom. The third-order valence-corrected chi connectivity index (χ3v) is 5.09. The van der Waals surface area contributed by atoms with Crippen LogP contribution in [-0.2, 0) is 29.4 Å². The lowest BCUT2D eigenvalue weighted by Crippen LogP contribution is -2.47. The minimum atomic E-state index is -0.225. The van der Waals surface area contributed by atoms with Gasteiger partial charge in [-0.1, -0.05) is 12.1 Å². The quantitative estimate of drug-likeness (QED) is 0.797. The van der Waals surface area contributed by atoms with Gasteiger partial charge in [0.25, 0.3) is 0 Å². The van der Waals surface area contributed by atoms with Gasteiger partial charge in [0, 0.05) is 45.8 Å². The van der Waals surface area contributed by atoms with Crippen LogP contribution in [0.1, 0.15) is 24.0 Å². The molecular weight excluding hydrogens is 333 g/mol. The number of amides is 1. The fourth-order valence-electron chi connectivity index (χ4n) is 3.72. The zero-order valence-electron chi connectivity index (χ0n) is 15.4. The van der Waals surface area contributed by atoms with Crippen LogP contribution < -0.4 is 0 Å². The van der Waals surface area contributed by atoms with Crippen molar-refractivity contribution in [1.29, 1.82) is 0 Å². The van der Waals surface area contributed by atoms with Gasteiger partial charge in [-0.3, -0.25) is 9.48 Å². The van der Waals surface area contributed by atoms with Crippen LogP contribution in [0.4, 0.5) is 4.39 Å². The summed E-state index contributed by atoms with van der Waals surface area (Å²) in [5.41, 5.74) is 2.02. The molecule has 2 heterocycles. The van der Waals surface area contributed by atoms with Gasteiger partial charge in [-0.15, -0.1) is 0 Å². The molecule has 0 saturated carbocycles. The third kappa shape index (κ3) is 4.69. The molecule has 0 radical (unpaired) electrons. The van der Waals surface area contributed by atoms with Crippen LogP contribution in [0.5, 0.6) is 0 Å². The first-order chi connectivity index (χ1) is 12.5. The average molecular weight is 359 g/mol. The predicted octanol–water partition coefficient (Wildman–Crippen LogP) is 2.60. The van der Waals surface area contributed by atoms with Gasteiger partial charge in [0.15, 0.2) is 0 Å². The molecule has 0 N–H and O–H groups in total.